The maximum Gasteiger partial charge on any atom is 0.0797 e. The van der Waals surface area contributed by atoms with Gasteiger partial charge in [0.1, 0.15) is 0 Å². The van der Waals surface area contributed by atoms with Crippen molar-refractivity contribution in [3.63, 3.8) is 0 Å². The van der Waals surface area contributed by atoms with Gasteiger partial charge >= 0.3 is 0 Å². The molecule has 2 aromatic heterocycles. The molecule has 3 rings (SSSR count). The Hall–Kier alpha value is -0.750. The average Bonchev–Trinajstić information content (AvgIpc) is 3.16. The Morgan fingerprint density at radius 2 is 1.76 bits per heavy atom. The first-order valence-corrected chi connectivity index (χ1v) is 9.43. The molecule has 0 amide bonds. The highest BCUT2D eigenvalue weighted by atomic mass is 32.1. The number of aromatic nitrogens is 1. The summed E-state index contributed by atoms with van der Waals surface area (Å²) in [5.74, 6) is 0. The topological polar surface area (TPSA) is 19.4 Å². The van der Waals surface area contributed by atoms with Crippen molar-refractivity contribution in [3.05, 3.63) is 38.5 Å². The lowest BCUT2D eigenvalue weighted by Gasteiger charge is -2.34. The van der Waals surface area contributed by atoms with E-state index in [0.717, 1.165) is 6.42 Å². The van der Waals surface area contributed by atoms with Gasteiger partial charge < -0.3 is 9.80 Å². The van der Waals surface area contributed by atoms with Crippen LogP contribution in [0.2, 0.25) is 0 Å². The molecule has 0 aliphatic carbocycles. The molecular formula is C16H23N3S2. The Kier molecular flexibility index (Phi) is 5.41. The van der Waals surface area contributed by atoms with Crippen LogP contribution in [-0.2, 0) is 12.8 Å². The normalized spacial score (nSPS) is 17.4. The first-order valence-electron chi connectivity index (χ1n) is 7.67. The van der Waals surface area contributed by atoms with E-state index >= 15 is 0 Å². The molecule has 0 bridgehead atoms. The molecule has 0 N–H and O–H groups in total. The lowest BCUT2D eigenvalue weighted by Crippen LogP contribution is -2.47. The minimum atomic E-state index is 1.16. The van der Waals surface area contributed by atoms with Gasteiger partial charge in [-0.25, -0.2) is 4.98 Å². The predicted octanol–water partition coefficient (Wildman–Crippen LogP) is 2.92. The number of rotatable bonds is 6. The molecule has 1 fully saturated rings. The van der Waals surface area contributed by atoms with E-state index in [4.69, 9.17) is 0 Å². The largest absolute Gasteiger partial charge is 0.300 e. The van der Waals surface area contributed by atoms with Crippen LogP contribution in [0.5, 0.6) is 0 Å². The predicted molar refractivity (Wildman–Crippen MR) is 91.5 cm³/mol. The first-order chi connectivity index (χ1) is 10.3. The van der Waals surface area contributed by atoms with Crippen LogP contribution >= 0.6 is 22.7 Å². The van der Waals surface area contributed by atoms with Crippen LogP contribution < -0.4 is 0 Å². The van der Waals surface area contributed by atoms with Gasteiger partial charge in [-0.2, -0.15) is 0 Å². The minimum Gasteiger partial charge on any atom is -0.300 e. The summed E-state index contributed by atoms with van der Waals surface area (Å²) in [4.78, 5) is 12.5. The summed E-state index contributed by atoms with van der Waals surface area (Å²) in [6.45, 7) is 9.36. The lowest BCUT2D eigenvalue weighted by molar-refractivity contribution is 0.135. The number of hydrogen-bond acceptors (Lipinski definition) is 5. The van der Waals surface area contributed by atoms with Crippen molar-refractivity contribution in [1.82, 2.24) is 14.8 Å². The molecule has 0 atom stereocenters. The molecule has 1 saturated heterocycles. The zero-order valence-electron chi connectivity index (χ0n) is 12.6. The Morgan fingerprint density at radius 1 is 1.05 bits per heavy atom. The third-order valence-corrected chi connectivity index (χ3v) is 6.15. The van der Waals surface area contributed by atoms with E-state index in [-0.39, 0.29) is 0 Å². The average molecular weight is 322 g/mol. The molecule has 114 valence electrons. The maximum atomic E-state index is 4.33. The lowest BCUT2D eigenvalue weighted by atomic mass is 10.2. The van der Waals surface area contributed by atoms with Crippen LogP contribution in [-0.4, -0.2) is 54.1 Å². The van der Waals surface area contributed by atoms with Gasteiger partial charge in [-0.3, -0.25) is 0 Å². The van der Waals surface area contributed by atoms with E-state index in [2.05, 4.69) is 39.2 Å². The molecule has 3 heterocycles. The van der Waals surface area contributed by atoms with Crippen LogP contribution in [0, 0.1) is 6.92 Å². The second-order valence-corrected chi connectivity index (χ2v) is 7.60. The Morgan fingerprint density at radius 3 is 2.33 bits per heavy atom. The molecule has 0 aromatic carbocycles. The SMILES string of the molecule is Cc1ncsc1CCN1CCN(CCc2cccs2)CC1. The van der Waals surface area contributed by atoms with Gasteiger partial charge in [-0.1, -0.05) is 6.07 Å². The number of piperazine rings is 1. The second kappa shape index (κ2) is 7.49. The second-order valence-electron chi connectivity index (χ2n) is 5.62. The molecule has 1 aliphatic rings. The van der Waals surface area contributed by atoms with E-state index in [1.807, 2.05) is 16.8 Å². The standard InChI is InChI=1S/C16H23N3S2/c1-14-16(21-13-17-14)5-7-19-10-8-18(9-11-19)6-4-15-3-2-12-20-15/h2-3,12-13H,4-11H2,1H3. The zero-order chi connectivity index (χ0) is 14.5. The number of hydrogen-bond donors (Lipinski definition) is 0. The minimum absolute atomic E-state index is 1.16. The van der Waals surface area contributed by atoms with Crippen molar-refractivity contribution in [3.8, 4) is 0 Å². The van der Waals surface area contributed by atoms with Gasteiger partial charge in [0, 0.05) is 49.0 Å². The fourth-order valence-electron chi connectivity index (χ4n) is 2.79. The van der Waals surface area contributed by atoms with Crippen LogP contribution in [0.4, 0.5) is 0 Å². The molecule has 0 saturated carbocycles. The van der Waals surface area contributed by atoms with Gasteiger partial charge in [0.05, 0.1) is 11.2 Å². The molecule has 21 heavy (non-hydrogen) atoms. The molecule has 1 aliphatic heterocycles. The van der Waals surface area contributed by atoms with E-state index in [1.165, 1.54) is 61.1 Å². The van der Waals surface area contributed by atoms with Crippen LogP contribution in [0.1, 0.15) is 15.4 Å². The zero-order valence-corrected chi connectivity index (χ0v) is 14.3. The van der Waals surface area contributed by atoms with E-state index in [0.29, 0.717) is 0 Å². The molecule has 3 nitrogen and oxygen atoms in total. The van der Waals surface area contributed by atoms with Crippen molar-refractivity contribution < 1.29 is 0 Å². The Labute approximate surface area is 135 Å². The van der Waals surface area contributed by atoms with E-state index < -0.39 is 0 Å². The molecule has 0 unspecified atom stereocenters. The third kappa shape index (κ3) is 4.36. The molecular weight excluding hydrogens is 298 g/mol. The van der Waals surface area contributed by atoms with Gasteiger partial charge in [-0.05, 0) is 31.2 Å². The molecule has 0 spiro atoms. The Balaban J connectivity index is 1.36. The van der Waals surface area contributed by atoms with E-state index in [1.54, 1.807) is 11.3 Å². The first kappa shape index (κ1) is 15.2. The summed E-state index contributed by atoms with van der Waals surface area (Å²) in [6, 6.07) is 4.40. The monoisotopic (exact) mass is 321 g/mol. The van der Waals surface area contributed by atoms with Gasteiger partial charge in [0.25, 0.3) is 0 Å². The van der Waals surface area contributed by atoms with Crippen molar-refractivity contribution >= 4 is 22.7 Å². The third-order valence-electron chi connectivity index (χ3n) is 4.22. The highest BCUT2D eigenvalue weighted by Gasteiger charge is 2.16. The van der Waals surface area contributed by atoms with Gasteiger partial charge in [0.2, 0.25) is 0 Å². The van der Waals surface area contributed by atoms with Gasteiger partial charge in [0.15, 0.2) is 0 Å². The highest BCUT2D eigenvalue weighted by Crippen LogP contribution is 2.14. The summed E-state index contributed by atoms with van der Waals surface area (Å²) in [5.41, 5.74) is 3.18. The van der Waals surface area contributed by atoms with Crippen LogP contribution in [0.15, 0.2) is 23.0 Å². The maximum absolute atomic E-state index is 4.33. The van der Waals surface area contributed by atoms with E-state index in [9.17, 15) is 0 Å². The summed E-state index contributed by atoms with van der Waals surface area (Å²) in [6.07, 6.45) is 2.36. The van der Waals surface area contributed by atoms with Crippen molar-refractivity contribution in [2.75, 3.05) is 39.3 Å². The summed E-state index contributed by atoms with van der Waals surface area (Å²) in [5, 5.41) is 2.18. The smallest absolute Gasteiger partial charge is 0.0797 e. The molecule has 5 heteroatoms. The quantitative estimate of drug-likeness (QED) is 0.815. The number of nitrogens with zero attached hydrogens (tertiary/aromatic N) is 3. The fourth-order valence-corrected chi connectivity index (χ4v) is 4.25. The number of aryl methyl sites for hydroxylation is 1. The van der Waals surface area contributed by atoms with Crippen molar-refractivity contribution in [1.29, 1.82) is 0 Å². The fraction of sp³-hybridized carbons (Fsp3) is 0.562. The van der Waals surface area contributed by atoms with Crippen molar-refractivity contribution in [2.24, 2.45) is 0 Å². The Bertz CT molecular complexity index is 527. The van der Waals surface area contributed by atoms with Crippen LogP contribution in [0.3, 0.4) is 0 Å². The number of thiophene rings is 1. The summed E-state index contributed by atoms with van der Waals surface area (Å²) < 4.78 is 0. The van der Waals surface area contributed by atoms with Crippen molar-refractivity contribution in [2.45, 2.75) is 19.8 Å². The highest BCUT2D eigenvalue weighted by molar-refractivity contribution is 7.10. The van der Waals surface area contributed by atoms with Crippen LogP contribution in [0.25, 0.3) is 0 Å². The van der Waals surface area contributed by atoms with Gasteiger partial charge in [-0.15, -0.1) is 22.7 Å². The molecule has 2 aromatic rings. The number of thiazole rings is 1. The summed E-state index contributed by atoms with van der Waals surface area (Å²) in [7, 11) is 0. The summed E-state index contributed by atoms with van der Waals surface area (Å²) >= 11 is 3.68. The molecule has 0 radical (unpaired) electrons.